The Bertz CT molecular complexity index is 408. The van der Waals surface area contributed by atoms with Crippen molar-refractivity contribution in [3.63, 3.8) is 0 Å². The second kappa shape index (κ2) is 6.58. The van der Waals surface area contributed by atoms with E-state index in [1.165, 1.54) is 17.5 Å². The smallest absolute Gasteiger partial charge is 0.0216 e. The Labute approximate surface area is 108 Å². The van der Waals surface area contributed by atoms with Gasteiger partial charge in [0.15, 0.2) is 0 Å². The predicted octanol–water partition coefficient (Wildman–Crippen LogP) is 3.86. The molecule has 1 N–H and O–H groups in total. The van der Waals surface area contributed by atoms with Gasteiger partial charge in [0.25, 0.3) is 0 Å². The lowest BCUT2D eigenvalue weighted by Crippen LogP contribution is -2.25. The van der Waals surface area contributed by atoms with E-state index in [0.29, 0.717) is 6.04 Å². The van der Waals surface area contributed by atoms with E-state index in [4.69, 9.17) is 0 Å². The quantitative estimate of drug-likeness (QED) is 0.815. The summed E-state index contributed by atoms with van der Waals surface area (Å²) in [5.74, 6) is 0. The van der Waals surface area contributed by atoms with Crippen LogP contribution in [-0.4, -0.2) is 6.04 Å². The zero-order chi connectivity index (χ0) is 11.9. The summed E-state index contributed by atoms with van der Waals surface area (Å²) in [6, 6.07) is 13.4. The van der Waals surface area contributed by atoms with Crippen molar-refractivity contribution < 1.29 is 0 Å². The standard InChI is InChI=1S/C15H19NS/c1-13(16-11-15-9-10-17-12-15)7-8-14-5-3-2-4-6-14/h2-6,9-10,12-13,16H,7-8,11H2,1H3/t13-/m0/s1. The molecule has 0 aliphatic carbocycles. The van der Waals surface area contributed by atoms with Crippen molar-refractivity contribution >= 4 is 11.3 Å². The summed E-state index contributed by atoms with van der Waals surface area (Å²) in [5.41, 5.74) is 2.82. The van der Waals surface area contributed by atoms with E-state index in [1.54, 1.807) is 11.3 Å². The third-order valence-corrected chi connectivity index (χ3v) is 3.68. The molecule has 0 aliphatic rings. The average Bonchev–Trinajstić information content (AvgIpc) is 2.88. The van der Waals surface area contributed by atoms with Crippen molar-refractivity contribution in [1.29, 1.82) is 0 Å². The number of rotatable bonds is 6. The highest BCUT2D eigenvalue weighted by atomic mass is 32.1. The highest BCUT2D eigenvalue weighted by Gasteiger charge is 2.02. The topological polar surface area (TPSA) is 12.0 Å². The first-order chi connectivity index (χ1) is 8.34. The number of hydrogen-bond donors (Lipinski definition) is 1. The Morgan fingerprint density at radius 2 is 1.94 bits per heavy atom. The number of hydrogen-bond acceptors (Lipinski definition) is 2. The molecule has 1 nitrogen and oxygen atoms in total. The van der Waals surface area contributed by atoms with Crippen molar-refractivity contribution in [2.75, 3.05) is 0 Å². The van der Waals surface area contributed by atoms with Gasteiger partial charge >= 0.3 is 0 Å². The van der Waals surface area contributed by atoms with Gasteiger partial charge in [-0.05, 0) is 47.7 Å². The van der Waals surface area contributed by atoms with Crippen LogP contribution in [0, 0.1) is 0 Å². The van der Waals surface area contributed by atoms with Crippen molar-refractivity contribution in [1.82, 2.24) is 5.32 Å². The van der Waals surface area contributed by atoms with Crippen LogP contribution in [0.15, 0.2) is 47.2 Å². The maximum absolute atomic E-state index is 3.56. The minimum atomic E-state index is 0.565. The number of aryl methyl sites for hydroxylation is 1. The van der Waals surface area contributed by atoms with Gasteiger partial charge in [0.2, 0.25) is 0 Å². The molecule has 0 unspecified atom stereocenters. The van der Waals surface area contributed by atoms with Gasteiger partial charge in [-0.25, -0.2) is 0 Å². The van der Waals surface area contributed by atoms with Crippen molar-refractivity contribution in [3.8, 4) is 0 Å². The molecule has 1 atom stereocenters. The Balaban J connectivity index is 1.69. The highest BCUT2D eigenvalue weighted by Crippen LogP contribution is 2.08. The fourth-order valence-corrected chi connectivity index (χ4v) is 2.48. The summed E-state index contributed by atoms with van der Waals surface area (Å²) in [6.45, 7) is 3.24. The van der Waals surface area contributed by atoms with Crippen LogP contribution >= 0.6 is 11.3 Å². The number of nitrogens with one attached hydrogen (secondary N) is 1. The molecule has 0 saturated heterocycles. The first kappa shape index (κ1) is 12.3. The van der Waals surface area contributed by atoms with Crippen LogP contribution in [0.25, 0.3) is 0 Å². The monoisotopic (exact) mass is 245 g/mol. The van der Waals surface area contributed by atoms with E-state index in [9.17, 15) is 0 Å². The van der Waals surface area contributed by atoms with E-state index >= 15 is 0 Å². The van der Waals surface area contributed by atoms with Gasteiger partial charge in [-0.3, -0.25) is 0 Å². The molecule has 0 saturated carbocycles. The Morgan fingerprint density at radius 1 is 1.12 bits per heavy atom. The van der Waals surface area contributed by atoms with Crippen LogP contribution in [0.1, 0.15) is 24.5 Å². The zero-order valence-electron chi connectivity index (χ0n) is 10.2. The lowest BCUT2D eigenvalue weighted by Gasteiger charge is -2.13. The van der Waals surface area contributed by atoms with E-state index in [2.05, 4.69) is 59.4 Å². The van der Waals surface area contributed by atoms with Crippen LogP contribution in [0.4, 0.5) is 0 Å². The Morgan fingerprint density at radius 3 is 2.65 bits per heavy atom. The molecule has 1 aromatic heterocycles. The lowest BCUT2D eigenvalue weighted by molar-refractivity contribution is 0.514. The van der Waals surface area contributed by atoms with Gasteiger partial charge in [0.1, 0.15) is 0 Å². The molecule has 0 radical (unpaired) electrons. The highest BCUT2D eigenvalue weighted by molar-refractivity contribution is 7.07. The predicted molar refractivity (Wildman–Crippen MR) is 75.4 cm³/mol. The molecule has 0 spiro atoms. The van der Waals surface area contributed by atoms with Crippen LogP contribution in [0.2, 0.25) is 0 Å². The molecular weight excluding hydrogens is 226 g/mol. The van der Waals surface area contributed by atoms with Crippen molar-refractivity contribution in [2.24, 2.45) is 0 Å². The first-order valence-corrected chi connectivity index (χ1v) is 7.07. The molecule has 0 bridgehead atoms. The zero-order valence-corrected chi connectivity index (χ0v) is 11.0. The summed E-state index contributed by atoms with van der Waals surface area (Å²) in [4.78, 5) is 0. The molecule has 2 heteroatoms. The summed E-state index contributed by atoms with van der Waals surface area (Å²) in [7, 11) is 0. The SMILES string of the molecule is C[C@@H](CCc1ccccc1)NCc1ccsc1. The molecule has 0 amide bonds. The van der Waals surface area contributed by atoms with Gasteiger partial charge in [0.05, 0.1) is 0 Å². The lowest BCUT2D eigenvalue weighted by atomic mass is 10.1. The number of benzene rings is 1. The van der Waals surface area contributed by atoms with E-state index < -0.39 is 0 Å². The molecule has 2 rings (SSSR count). The van der Waals surface area contributed by atoms with Crippen molar-refractivity contribution in [2.45, 2.75) is 32.4 Å². The minimum absolute atomic E-state index is 0.565. The molecule has 17 heavy (non-hydrogen) atoms. The fraction of sp³-hybridized carbons (Fsp3) is 0.333. The van der Waals surface area contributed by atoms with Gasteiger partial charge in [-0.2, -0.15) is 11.3 Å². The van der Waals surface area contributed by atoms with Crippen LogP contribution in [0.5, 0.6) is 0 Å². The number of thiophene rings is 1. The summed E-state index contributed by atoms with van der Waals surface area (Å²) in [6.07, 6.45) is 2.34. The maximum Gasteiger partial charge on any atom is 0.0216 e. The molecular formula is C15H19NS. The molecule has 0 aliphatic heterocycles. The fourth-order valence-electron chi connectivity index (χ4n) is 1.82. The maximum atomic E-state index is 3.56. The Hall–Kier alpha value is -1.12. The molecule has 0 fully saturated rings. The van der Waals surface area contributed by atoms with E-state index in [1.807, 2.05) is 0 Å². The van der Waals surface area contributed by atoms with Crippen molar-refractivity contribution in [3.05, 3.63) is 58.3 Å². The van der Waals surface area contributed by atoms with Gasteiger partial charge < -0.3 is 5.32 Å². The summed E-state index contributed by atoms with van der Waals surface area (Å²) in [5, 5.41) is 7.90. The normalized spacial score (nSPS) is 12.5. The molecule has 1 aromatic carbocycles. The second-order valence-corrected chi connectivity index (χ2v) is 5.22. The molecule has 2 aromatic rings. The van der Waals surface area contributed by atoms with E-state index in [0.717, 1.165) is 13.0 Å². The summed E-state index contributed by atoms with van der Waals surface area (Å²) < 4.78 is 0. The van der Waals surface area contributed by atoms with Gasteiger partial charge in [0, 0.05) is 12.6 Å². The largest absolute Gasteiger partial charge is 0.310 e. The molecule has 90 valence electrons. The first-order valence-electron chi connectivity index (χ1n) is 6.13. The van der Waals surface area contributed by atoms with E-state index in [-0.39, 0.29) is 0 Å². The second-order valence-electron chi connectivity index (χ2n) is 4.44. The third kappa shape index (κ3) is 4.33. The summed E-state index contributed by atoms with van der Waals surface area (Å²) >= 11 is 1.76. The van der Waals surface area contributed by atoms with Crippen LogP contribution < -0.4 is 5.32 Å². The average molecular weight is 245 g/mol. The Kier molecular flexibility index (Phi) is 4.77. The van der Waals surface area contributed by atoms with Gasteiger partial charge in [-0.15, -0.1) is 0 Å². The third-order valence-electron chi connectivity index (χ3n) is 2.94. The van der Waals surface area contributed by atoms with Crippen LogP contribution in [-0.2, 0) is 13.0 Å². The van der Waals surface area contributed by atoms with Gasteiger partial charge in [-0.1, -0.05) is 30.3 Å². The minimum Gasteiger partial charge on any atom is -0.310 e. The van der Waals surface area contributed by atoms with Crippen LogP contribution in [0.3, 0.4) is 0 Å². The molecule has 1 heterocycles.